The van der Waals surface area contributed by atoms with Gasteiger partial charge in [-0.1, -0.05) is 45.4 Å². The van der Waals surface area contributed by atoms with E-state index in [0.717, 1.165) is 19.3 Å². The molecule has 0 aliphatic rings. The number of carboxylic acid groups (broad SMARTS) is 1. The van der Waals surface area contributed by atoms with Gasteiger partial charge >= 0.3 is 5.97 Å². The summed E-state index contributed by atoms with van der Waals surface area (Å²) < 4.78 is 28.7. The number of carboxylic acids is 1. The molecule has 20 heavy (non-hydrogen) atoms. The van der Waals surface area contributed by atoms with E-state index in [0.29, 0.717) is 6.42 Å². The molecule has 0 aliphatic carbocycles. The van der Waals surface area contributed by atoms with Gasteiger partial charge in [0, 0.05) is 0 Å². The van der Waals surface area contributed by atoms with Gasteiger partial charge in [0.2, 0.25) is 20.7 Å². The number of hydrogen-bond acceptors (Lipinski definition) is 4. The second kappa shape index (κ2) is 8.09. The van der Waals surface area contributed by atoms with Gasteiger partial charge < -0.3 is 9.52 Å². The van der Waals surface area contributed by atoms with E-state index in [4.69, 9.17) is 9.52 Å². The average molecular weight is 302 g/mol. The van der Waals surface area contributed by atoms with Crippen molar-refractivity contribution in [1.82, 2.24) is 0 Å². The molecule has 114 valence electrons. The van der Waals surface area contributed by atoms with E-state index >= 15 is 0 Å². The van der Waals surface area contributed by atoms with Gasteiger partial charge in [-0.15, -0.1) is 0 Å². The van der Waals surface area contributed by atoms with Crippen molar-refractivity contribution in [1.29, 1.82) is 0 Å². The van der Waals surface area contributed by atoms with Crippen LogP contribution >= 0.6 is 0 Å². The molecule has 1 N–H and O–H groups in total. The van der Waals surface area contributed by atoms with E-state index in [2.05, 4.69) is 6.92 Å². The Morgan fingerprint density at radius 3 is 2.25 bits per heavy atom. The number of aromatic carboxylic acids is 1. The number of furan rings is 1. The zero-order valence-corrected chi connectivity index (χ0v) is 12.6. The Hall–Kier alpha value is -1.30. The molecule has 1 aromatic rings. The minimum absolute atomic E-state index is 0.00729. The van der Waals surface area contributed by atoms with E-state index in [1.807, 2.05) is 0 Å². The largest absolute Gasteiger partial charge is 0.475 e. The summed E-state index contributed by atoms with van der Waals surface area (Å²) in [5.41, 5.74) is 0. The van der Waals surface area contributed by atoms with Crippen LogP contribution in [0.5, 0.6) is 0 Å². The normalized spacial score (nSPS) is 11.7. The molecule has 6 heteroatoms. The minimum atomic E-state index is -3.50. The lowest BCUT2D eigenvalue weighted by atomic mass is 10.1. The molecule has 1 aromatic heterocycles. The summed E-state index contributed by atoms with van der Waals surface area (Å²) in [5, 5.41) is 8.44. The highest BCUT2D eigenvalue weighted by Crippen LogP contribution is 2.17. The summed E-state index contributed by atoms with van der Waals surface area (Å²) >= 11 is 0. The number of rotatable bonds is 10. The molecule has 0 amide bonds. The number of sulfone groups is 1. The van der Waals surface area contributed by atoms with Gasteiger partial charge in [0.05, 0.1) is 5.75 Å². The lowest BCUT2D eigenvalue weighted by Crippen LogP contribution is -2.06. The number of hydrogen-bond donors (Lipinski definition) is 1. The molecule has 0 saturated carbocycles. The van der Waals surface area contributed by atoms with E-state index in [1.54, 1.807) is 0 Å². The summed E-state index contributed by atoms with van der Waals surface area (Å²) in [6.45, 7) is 2.15. The highest BCUT2D eigenvalue weighted by Gasteiger charge is 2.20. The minimum Gasteiger partial charge on any atom is -0.475 e. The Morgan fingerprint density at radius 2 is 1.70 bits per heavy atom. The van der Waals surface area contributed by atoms with E-state index in [-0.39, 0.29) is 16.6 Å². The first-order chi connectivity index (χ1) is 9.47. The first-order valence-corrected chi connectivity index (χ1v) is 8.68. The SMILES string of the molecule is CCCCCCCCCS(=O)(=O)c1ccc(C(=O)O)o1. The highest BCUT2D eigenvalue weighted by molar-refractivity contribution is 7.91. The smallest absolute Gasteiger partial charge is 0.371 e. The van der Waals surface area contributed by atoms with Gasteiger partial charge in [0.15, 0.2) is 0 Å². The maximum atomic E-state index is 11.9. The quantitative estimate of drug-likeness (QED) is 0.669. The van der Waals surface area contributed by atoms with E-state index in [1.165, 1.54) is 31.4 Å². The summed E-state index contributed by atoms with van der Waals surface area (Å²) in [6.07, 6.45) is 7.24. The zero-order chi connectivity index (χ0) is 15.0. The molecule has 0 saturated heterocycles. The third kappa shape index (κ3) is 5.36. The van der Waals surface area contributed by atoms with Gasteiger partial charge in [-0.2, -0.15) is 0 Å². The Morgan fingerprint density at radius 1 is 1.10 bits per heavy atom. The van der Waals surface area contributed by atoms with Crippen molar-refractivity contribution in [3.8, 4) is 0 Å². The maximum absolute atomic E-state index is 11.9. The number of unbranched alkanes of at least 4 members (excludes halogenated alkanes) is 6. The van der Waals surface area contributed by atoms with Crippen LogP contribution in [0.15, 0.2) is 21.6 Å². The molecule has 0 radical (unpaired) electrons. The van der Waals surface area contributed by atoms with Crippen molar-refractivity contribution in [3.63, 3.8) is 0 Å². The molecule has 0 spiro atoms. The predicted molar refractivity (Wildman–Crippen MR) is 75.7 cm³/mol. The summed E-state index contributed by atoms with van der Waals surface area (Å²) in [5.74, 6) is -1.60. The first-order valence-electron chi connectivity index (χ1n) is 7.03. The average Bonchev–Trinajstić information content (AvgIpc) is 2.88. The van der Waals surface area contributed by atoms with Crippen molar-refractivity contribution in [3.05, 3.63) is 17.9 Å². The van der Waals surface area contributed by atoms with Crippen molar-refractivity contribution in [2.45, 2.75) is 57.0 Å². The Kier molecular flexibility index (Phi) is 6.78. The molecule has 0 bridgehead atoms. The van der Waals surface area contributed by atoms with Gasteiger partial charge in [-0.05, 0) is 18.6 Å². The lowest BCUT2D eigenvalue weighted by molar-refractivity contribution is 0.0656. The molecule has 1 rings (SSSR count). The van der Waals surface area contributed by atoms with Crippen LogP contribution in [0.3, 0.4) is 0 Å². The lowest BCUT2D eigenvalue weighted by Gasteiger charge is -2.02. The molecule has 0 aliphatic heterocycles. The third-order valence-corrected chi connectivity index (χ3v) is 4.77. The second-order valence-corrected chi connectivity index (χ2v) is 6.90. The first kappa shape index (κ1) is 16.8. The van der Waals surface area contributed by atoms with Crippen LogP contribution in [0.25, 0.3) is 0 Å². The third-order valence-electron chi connectivity index (χ3n) is 3.12. The fourth-order valence-corrected chi connectivity index (χ4v) is 3.23. The second-order valence-electron chi connectivity index (χ2n) is 4.86. The molecular weight excluding hydrogens is 280 g/mol. The molecule has 0 atom stereocenters. The van der Waals surface area contributed by atoms with Gasteiger partial charge in [-0.3, -0.25) is 0 Å². The van der Waals surface area contributed by atoms with Crippen LogP contribution in [0.4, 0.5) is 0 Å². The van der Waals surface area contributed by atoms with Crippen LogP contribution in [-0.4, -0.2) is 25.2 Å². The predicted octanol–water partition coefficient (Wildman–Crippen LogP) is 3.50. The standard InChI is InChI=1S/C14H22O5S/c1-2-3-4-5-6-7-8-11-20(17,18)13-10-9-12(19-13)14(15)16/h9-10H,2-8,11H2,1H3,(H,15,16). The van der Waals surface area contributed by atoms with Crippen molar-refractivity contribution in [2.75, 3.05) is 5.75 Å². The fourth-order valence-electron chi connectivity index (χ4n) is 1.95. The molecule has 5 nitrogen and oxygen atoms in total. The van der Waals surface area contributed by atoms with Gasteiger partial charge in [0.1, 0.15) is 0 Å². The molecule has 0 unspecified atom stereocenters. The van der Waals surface area contributed by atoms with Crippen LogP contribution in [-0.2, 0) is 9.84 Å². The topological polar surface area (TPSA) is 84.6 Å². The van der Waals surface area contributed by atoms with Gasteiger partial charge in [0.25, 0.3) is 0 Å². The summed E-state index contributed by atoms with van der Waals surface area (Å²) in [7, 11) is -3.50. The van der Waals surface area contributed by atoms with Crippen LogP contribution < -0.4 is 0 Å². The Balaban J connectivity index is 2.36. The molecule has 0 fully saturated rings. The van der Waals surface area contributed by atoms with Crippen LogP contribution in [0.1, 0.15) is 62.4 Å². The Labute approximate surface area is 119 Å². The van der Waals surface area contributed by atoms with Crippen molar-refractivity contribution in [2.24, 2.45) is 0 Å². The zero-order valence-electron chi connectivity index (χ0n) is 11.8. The van der Waals surface area contributed by atoms with E-state index in [9.17, 15) is 13.2 Å². The monoisotopic (exact) mass is 302 g/mol. The van der Waals surface area contributed by atoms with Crippen LogP contribution in [0, 0.1) is 0 Å². The fraction of sp³-hybridized carbons (Fsp3) is 0.643. The van der Waals surface area contributed by atoms with Crippen molar-refractivity contribution >= 4 is 15.8 Å². The summed E-state index contributed by atoms with van der Waals surface area (Å²) in [6, 6.07) is 2.37. The van der Waals surface area contributed by atoms with Crippen molar-refractivity contribution < 1.29 is 22.7 Å². The molecule has 0 aromatic carbocycles. The molecule has 1 heterocycles. The highest BCUT2D eigenvalue weighted by atomic mass is 32.2. The van der Waals surface area contributed by atoms with E-state index < -0.39 is 15.8 Å². The van der Waals surface area contributed by atoms with Crippen LogP contribution in [0.2, 0.25) is 0 Å². The molecular formula is C14H22O5S. The maximum Gasteiger partial charge on any atom is 0.371 e. The Bertz CT molecular complexity index is 515. The number of carbonyl (C=O) groups is 1. The van der Waals surface area contributed by atoms with Gasteiger partial charge in [-0.25, -0.2) is 13.2 Å². The summed E-state index contributed by atoms with van der Waals surface area (Å²) in [4.78, 5) is 10.6.